The maximum atomic E-state index is 6.57. The third-order valence-corrected chi connectivity index (χ3v) is 5.37. The van der Waals surface area contributed by atoms with Crippen LogP contribution in [-0.4, -0.2) is 0 Å². The SMILES string of the molecule is C=C1c2ccccc2-c2cccc(-c3cccc4cccc(Cl)c34)c21. The van der Waals surface area contributed by atoms with Crippen LogP contribution in [0.25, 0.3) is 38.6 Å². The fraction of sp³-hybridized carbons (Fsp3) is 0. The molecule has 0 amide bonds. The van der Waals surface area contributed by atoms with Crippen molar-refractivity contribution in [1.29, 1.82) is 0 Å². The first-order valence-corrected chi connectivity index (χ1v) is 8.73. The monoisotopic (exact) mass is 338 g/mol. The van der Waals surface area contributed by atoms with E-state index in [1.54, 1.807) is 0 Å². The largest absolute Gasteiger partial charge is 0.0905 e. The first-order valence-electron chi connectivity index (χ1n) is 8.35. The van der Waals surface area contributed by atoms with Gasteiger partial charge in [-0.05, 0) is 50.4 Å². The van der Waals surface area contributed by atoms with Gasteiger partial charge in [0.1, 0.15) is 0 Å². The van der Waals surface area contributed by atoms with Gasteiger partial charge >= 0.3 is 0 Å². The summed E-state index contributed by atoms with van der Waals surface area (Å²) in [7, 11) is 0. The van der Waals surface area contributed by atoms with Crippen LogP contribution in [0.5, 0.6) is 0 Å². The van der Waals surface area contributed by atoms with Gasteiger partial charge in [-0.25, -0.2) is 0 Å². The van der Waals surface area contributed by atoms with E-state index in [0.717, 1.165) is 26.9 Å². The third-order valence-electron chi connectivity index (χ3n) is 5.05. The molecule has 5 rings (SSSR count). The van der Waals surface area contributed by atoms with Crippen LogP contribution in [0.3, 0.4) is 0 Å². The zero-order chi connectivity index (χ0) is 17.0. The molecule has 0 aromatic heterocycles. The lowest BCUT2D eigenvalue weighted by Crippen LogP contribution is -1.89. The summed E-state index contributed by atoms with van der Waals surface area (Å²) in [5, 5.41) is 3.04. The zero-order valence-corrected chi connectivity index (χ0v) is 14.3. The van der Waals surface area contributed by atoms with E-state index in [4.69, 9.17) is 11.6 Å². The van der Waals surface area contributed by atoms with Crippen molar-refractivity contribution in [2.45, 2.75) is 0 Å². The molecule has 0 nitrogen and oxygen atoms in total. The quantitative estimate of drug-likeness (QED) is 0.303. The second-order valence-electron chi connectivity index (χ2n) is 6.40. The maximum absolute atomic E-state index is 6.57. The molecular formula is C24H15Cl. The van der Waals surface area contributed by atoms with E-state index in [1.165, 1.54) is 27.8 Å². The molecular weight excluding hydrogens is 324 g/mol. The molecule has 0 atom stereocenters. The topological polar surface area (TPSA) is 0 Å². The molecule has 1 heteroatoms. The number of rotatable bonds is 1. The van der Waals surface area contributed by atoms with Crippen molar-refractivity contribution in [3.8, 4) is 22.3 Å². The molecule has 0 spiro atoms. The number of fused-ring (bicyclic) bond motifs is 4. The molecule has 0 radical (unpaired) electrons. The molecule has 118 valence electrons. The average molecular weight is 339 g/mol. The van der Waals surface area contributed by atoms with E-state index in [2.05, 4.69) is 73.3 Å². The van der Waals surface area contributed by atoms with Crippen molar-refractivity contribution >= 4 is 27.9 Å². The normalized spacial score (nSPS) is 12.3. The number of halogens is 1. The molecule has 4 aromatic carbocycles. The van der Waals surface area contributed by atoms with Gasteiger partial charge in [0, 0.05) is 10.4 Å². The van der Waals surface area contributed by atoms with Crippen molar-refractivity contribution < 1.29 is 0 Å². The highest BCUT2D eigenvalue weighted by Gasteiger charge is 2.25. The van der Waals surface area contributed by atoms with Gasteiger partial charge in [-0.1, -0.05) is 91.0 Å². The lowest BCUT2D eigenvalue weighted by Gasteiger charge is -2.13. The summed E-state index contributed by atoms with van der Waals surface area (Å²) in [6, 6.07) is 27.4. The van der Waals surface area contributed by atoms with Crippen molar-refractivity contribution in [2.24, 2.45) is 0 Å². The lowest BCUT2D eigenvalue weighted by atomic mass is 9.91. The summed E-state index contributed by atoms with van der Waals surface area (Å²) < 4.78 is 0. The zero-order valence-electron chi connectivity index (χ0n) is 13.6. The second-order valence-corrected chi connectivity index (χ2v) is 6.80. The Hall–Kier alpha value is -2.83. The Bertz CT molecular complexity index is 1160. The number of hydrogen-bond acceptors (Lipinski definition) is 0. The van der Waals surface area contributed by atoms with Gasteiger partial charge in [0.15, 0.2) is 0 Å². The molecule has 25 heavy (non-hydrogen) atoms. The van der Waals surface area contributed by atoms with Gasteiger partial charge in [-0.15, -0.1) is 0 Å². The Balaban J connectivity index is 1.87. The Morgan fingerprint density at radius 2 is 1.12 bits per heavy atom. The van der Waals surface area contributed by atoms with Crippen molar-refractivity contribution in [2.75, 3.05) is 0 Å². The molecule has 0 heterocycles. The van der Waals surface area contributed by atoms with Crippen LogP contribution in [0.1, 0.15) is 11.1 Å². The van der Waals surface area contributed by atoms with Crippen molar-refractivity contribution in [1.82, 2.24) is 0 Å². The molecule has 0 fully saturated rings. The van der Waals surface area contributed by atoms with Gasteiger partial charge in [0.05, 0.1) is 0 Å². The molecule has 0 N–H and O–H groups in total. The van der Waals surface area contributed by atoms with Gasteiger partial charge in [0.2, 0.25) is 0 Å². The first kappa shape index (κ1) is 14.5. The summed E-state index contributed by atoms with van der Waals surface area (Å²) in [5.74, 6) is 0. The molecule has 0 unspecified atom stereocenters. The Morgan fingerprint density at radius 1 is 0.560 bits per heavy atom. The smallest absolute Gasteiger partial charge is 0.0490 e. The number of hydrogen-bond donors (Lipinski definition) is 0. The number of benzene rings is 4. The lowest BCUT2D eigenvalue weighted by molar-refractivity contribution is 1.62. The molecule has 0 bridgehead atoms. The molecule has 0 aliphatic heterocycles. The Labute approximate surface area is 152 Å². The van der Waals surface area contributed by atoms with E-state index in [9.17, 15) is 0 Å². The fourth-order valence-electron chi connectivity index (χ4n) is 3.96. The van der Waals surface area contributed by atoms with Crippen molar-refractivity contribution in [3.05, 3.63) is 102 Å². The predicted molar refractivity (Wildman–Crippen MR) is 108 cm³/mol. The van der Waals surface area contributed by atoms with Gasteiger partial charge in [0.25, 0.3) is 0 Å². The molecule has 0 saturated heterocycles. The highest BCUT2D eigenvalue weighted by atomic mass is 35.5. The molecule has 1 aliphatic rings. The van der Waals surface area contributed by atoms with Crippen LogP contribution >= 0.6 is 11.6 Å². The highest BCUT2D eigenvalue weighted by molar-refractivity contribution is 6.36. The standard InChI is InChI=1S/C24H15Cl/c1-15-17-9-2-3-10-18(17)19-12-6-13-20(23(15)19)21-11-4-7-16-8-5-14-22(25)24(16)21/h2-14H,1H2. The van der Waals surface area contributed by atoms with Crippen molar-refractivity contribution in [3.63, 3.8) is 0 Å². The van der Waals surface area contributed by atoms with Crippen LogP contribution in [0, 0.1) is 0 Å². The minimum atomic E-state index is 0.784. The van der Waals surface area contributed by atoms with Crippen LogP contribution in [0.15, 0.2) is 85.4 Å². The van der Waals surface area contributed by atoms with Crippen LogP contribution in [0.4, 0.5) is 0 Å². The minimum Gasteiger partial charge on any atom is -0.0905 e. The fourth-order valence-corrected chi connectivity index (χ4v) is 4.25. The Morgan fingerprint density at radius 3 is 1.92 bits per heavy atom. The van der Waals surface area contributed by atoms with E-state index >= 15 is 0 Å². The Kier molecular flexibility index (Phi) is 3.10. The summed E-state index contributed by atoms with van der Waals surface area (Å²) in [6.45, 7) is 4.39. The predicted octanol–water partition coefficient (Wildman–Crippen LogP) is 7.20. The first-order chi connectivity index (χ1) is 12.3. The van der Waals surface area contributed by atoms with Gasteiger partial charge in [-0.2, -0.15) is 0 Å². The summed E-state index contributed by atoms with van der Waals surface area (Å²) in [4.78, 5) is 0. The molecule has 0 saturated carbocycles. The van der Waals surface area contributed by atoms with E-state index in [0.29, 0.717) is 0 Å². The molecule has 1 aliphatic carbocycles. The summed E-state index contributed by atoms with van der Waals surface area (Å²) in [6.07, 6.45) is 0. The van der Waals surface area contributed by atoms with Gasteiger partial charge in [-0.3, -0.25) is 0 Å². The highest BCUT2D eigenvalue weighted by Crippen LogP contribution is 2.48. The van der Waals surface area contributed by atoms with E-state index in [-0.39, 0.29) is 0 Å². The summed E-state index contributed by atoms with van der Waals surface area (Å²) >= 11 is 6.57. The second kappa shape index (κ2) is 5.34. The van der Waals surface area contributed by atoms with Crippen LogP contribution < -0.4 is 0 Å². The maximum Gasteiger partial charge on any atom is 0.0490 e. The molecule has 4 aromatic rings. The van der Waals surface area contributed by atoms with Crippen LogP contribution in [-0.2, 0) is 0 Å². The average Bonchev–Trinajstić information content (AvgIpc) is 2.95. The van der Waals surface area contributed by atoms with E-state index in [1.807, 2.05) is 12.1 Å². The third kappa shape index (κ3) is 2.01. The summed E-state index contributed by atoms with van der Waals surface area (Å²) in [5.41, 5.74) is 8.39. The van der Waals surface area contributed by atoms with Crippen LogP contribution in [0.2, 0.25) is 5.02 Å². The van der Waals surface area contributed by atoms with E-state index < -0.39 is 0 Å². The van der Waals surface area contributed by atoms with Gasteiger partial charge < -0.3 is 0 Å². The minimum absolute atomic E-state index is 0.784.